The van der Waals surface area contributed by atoms with E-state index in [9.17, 15) is 9.90 Å². The first kappa shape index (κ1) is 18.1. The SMILES string of the molecule is COc1ccc2c(c1)[C@H]1c3ccccc3[C@@H]3c4cc(OC)ccc4[C@H]4C(C(=O)O)=C[C@H]2C134. The lowest BCUT2D eigenvalue weighted by Crippen LogP contribution is -2.31. The Labute approximate surface area is 186 Å². The lowest BCUT2D eigenvalue weighted by molar-refractivity contribution is -0.133. The molecule has 0 heterocycles. The van der Waals surface area contributed by atoms with Crippen LogP contribution in [0.1, 0.15) is 57.1 Å². The van der Waals surface area contributed by atoms with Gasteiger partial charge >= 0.3 is 5.97 Å². The summed E-state index contributed by atoms with van der Waals surface area (Å²) in [6.07, 6.45) is 2.05. The Morgan fingerprint density at radius 2 is 1.28 bits per heavy atom. The molecule has 0 fully saturated rings. The molecular formula is C28H22O4. The summed E-state index contributed by atoms with van der Waals surface area (Å²) in [5.74, 6) is 0.969. The first-order chi connectivity index (χ1) is 15.6. The van der Waals surface area contributed by atoms with Crippen molar-refractivity contribution in [2.45, 2.75) is 23.7 Å². The van der Waals surface area contributed by atoms with Crippen LogP contribution in [0.3, 0.4) is 0 Å². The highest BCUT2D eigenvalue weighted by Crippen LogP contribution is 2.82. The second-order valence-electron chi connectivity index (χ2n) is 9.32. The van der Waals surface area contributed by atoms with Gasteiger partial charge in [-0.05, 0) is 57.6 Å². The molecule has 4 aliphatic rings. The number of benzene rings is 3. The molecule has 4 aliphatic carbocycles. The molecule has 158 valence electrons. The number of ether oxygens (including phenoxy) is 2. The maximum Gasteiger partial charge on any atom is 0.331 e. The van der Waals surface area contributed by atoms with Crippen LogP contribution in [0.4, 0.5) is 0 Å². The third kappa shape index (κ3) is 1.81. The predicted molar refractivity (Wildman–Crippen MR) is 120 cm³/mol. The number of allylic oxidation sites excluding steroid dienone is 1. The quantitative estimate of drug-likeness (QED) is 0.631. The number of rotatable bonds is 3. The van der Waals surface area contributed by atoms with Crippen molar-refractivity contribution < 1.29 is 19.4 Å². The molecule has 1 unspecified atom stereocenters. The predicted octanol–water partition coefficient (Wildman–Crippen LogP) is 5.19. The molecule has 0 saturated heterocycles. The normalized spacial score (nSPS) is 29.5. The van der Waals surface area contributed by atoms with Crippen molar-refractivity contribution in [1.82, 2.24) is 0 Å². The molecule has 0 aliphatic heterocycles. The summed E-state index contributed by atoms with van der Waals surface area (Å²) in [5.41, 5.74) is 7.73. The standard InChI is InChI=1S/C28H22O4/c1-31-14-7-9-16-20(11-14)24-17-5-3-4-6-18(17)25-21-12-15(32-2)8-10-19(21)26-22(27(29)30)13-23(16)28(24,25)26/h3-13,23-26H,1-2H3,(H,29,30)/t23-,24-,25-,26+,28?/m1/s1. The highest BCUT2D eigenvalue weighted by Gasteiger charge is 2.72. The zero-order valence-corrected chi connectivity index (χ0v) is 17.8. The van der Waals surface area contributed by atoms with Crippen molar-refractivity contribution in [3.8, 4) is 11.5 Å². The van der Waals surface area contributed by atoms with E-state index in [2.05, 4.69) is 48.5 Å². The molecule has 4 nitrogen and oxygen atoms in total. The maximum atomic E-state index is 12.5. The van der Waals surface area contributed by atoms with E-state index < -0.39 is 5.97 Å². The van der Waals surface area contributed by atoms with Crippen molar-refractivity contribution in [1.29, 1.82) is 0 Å². The van der Waals surface area contributed by atoms with Gasteiger partial charge in [0.25, 0.3) is 0 Å². The summed E-state index contributed by atoms with van der Waals surface area (Å²) in [4.78, 5) is 12.5. The molecule has 0 aromatic heterocycles. The average Bonchev–Trinajstić information content (AvgIpc) is 3.46. The van der Waals surface area contributed by atoms with Gasteiger partial charge in [-0.2, -0.15) is 0 Å². The van der Waals surface area contributed by atoms with Crippen molar-refractivity contribution in [3.63, 3.8) is 0 Å². The van der Waals surface area contributed by atoms with Crippen LogP contribution in [0.15, 0.2) is 72.3 Å². The summed E-state index contributed by atoms with van der Waals surface area (Å²) in [5, 5.41) is 10.3. The highest BCUT2D eigenvalue weighted by atomic mass is 16.5. The largest absolute Gasteiger partial charge is 0.497 e. The van der Waals surface area contributed by atoms with E-state index in [0.29, 0.717) is 5.57 Å². The minimum atomic E-state index is -0.814. The van der Waals surface area contributed by atoms with Gasteiger partial charge in [0, 0.05) is 34.7 Å². The van der Waals surface area contributed by atoms with E-state index in [0.717, 1.165) is 17.1 Å². The minimum Gasteiger partial charge on any atom is -0.497 e. The fraction of sp³-hybridized carbons (Fsp3) is 0.250. The van der Waals surface area contributed by atoms with Crippen LogP contribution in [0.5, 0.6) is 11.5 Å². The van der Waals surface area contributed by atoms with Crippen molar-refractivity contribution >= 4 is 5.97 Å². The molecule has 0 amide bonds. The summed E-state index contributed by atoms with van der Waals surface area (Å²) in [6.45, 7) is 0. The van der Waals surface area contributed by atoms with Gasteiger partial charge in [-0.3, -0.25) is 0 Å². The Balaban J connectivity index is 1.61. The third-order valence-electron chi connectivity index (χ3n) is 8.42. The monoisotopic (exact) mass is 422 g/mol. The fourth-order valence-corrected chi connectivity index (χ4v) is 7.57. The van der Waals surface area contributed by atoms with Gasteiger partial charge < -0.3 is 14.6 Å². The van der Waals surface area contributed by atoms with Crippen LogP contribution in [0, 0.1) is 5.41 Å². The molecule has 0 radical (unpaired) electrons. The van der Waals surface area contributed by atoms with Gasteiger partial charge in [-0.25, -0.2) is 4.79 Å². The molecule has 1 N–H and O–H groups in total. The van der Waals surface area contributed by atoms with Crippen LogP contribution in [-0.4, -0.2) is 25.3 Å². The summed E-state index contributed by atoms with van der Waals surface area (Å²) < 4.78 is 11.2. The first-order valence-electron chi connectivity index (χ1n) is 11.0. The summed E-state index contributed by atoms with van der Waals surface area (Å²) in [7, 11) is 3.38. The van der Waals surface area contributed by atoms with Crippen LogP contribution < -0.4 is 9.47 Å². The number of aliphatic carboxylic acids is 1. The van der Waals surface area contributed by atoms with Crippen LogP contribution in [-0.2, 0) is 4.79 Å². The molecule has 3 aromatic carbocycles. The molecular weight excluding hydrogens is 400 g/mol. The smallest absolute Gasteiger partial charge is 0.331 e. The van der Waals surface area contributed by atoms with E-state index in [1.54, 1.807) is 14.2 Å². The van der Waals surface area contributed by atoms with E-state index in [1.807, 2.05) is 18.2 Å². The van der Waals surface area contributed by atoms with Crippen molar-refractivity contribution in [2.24, 2.45) is 5.41 Å². The Bertz CT molecular complexity index is 1340. The fourth-order valence-electron chi connectivity index (χ4n) is 7.57. The lowest BCUT2D eigenvalue weighted by atomic mass is 9.63. The molecule has 0 saturated carbocycles. The van der Waals surface area contributed by atoms with E-state index >= 15 is 0 Å². The van der Waals surface area contributed by atoms with Crippen LogP contribution in [0.25, 0.3) is 0 Å². The van der Waals surface area contributed by atoms with Gasteiger partial charge in [-0.1, -0.05) is 42.5 Å². The van der Waals surface area contributed by atoms with Gasteiger partial charge in [0.05, 0.1) is 14.2 Å². The van der Waals surface area contributed by atoms with Gasteiger partial charge in [0.15, 0.2) is 0 Å². The number of hydrogen-bond donors (Lipinski definition) is 1. The second kappa shape index (κ2) is 5.83. The summed E-state index contributed by atoms with van der Waals surface area (Å²) >= 11 is 0. The molecule has 1 spiro atoms. The number of carboxylic acid groups (broad SMARTS) is 1. The molecule has 5 atom stereocenters. The number of hydrogen-bond acceptors (Lipinski definition) is 3. The third-order valence-corrected chi connectivity index (χ3v) is 8.42. The van der Waals surface area contributed by atoms with Gasteiger partial charge in [0.2, 0.25) is 0 Å². The number of carbonyl (C=O) groups is 1. The molecule has 7 rings (SSSR count). The Morgan fingerprint density at radius 1 is 0.750 bits per heavy atom. The molecule has 3 aromatic rings. The zero-order valence-electron chi connectivity index (χ0n) is 17.8. The van der Waals surface area contributed by atoms with E-state index in [-0.39, 0.29) is 29.1 Å². The van der Waals surface area contributed by atoms with E-state index in [4.69, 9.17) is 9.47 Å². The summed E-state index contributed by atoms with van der Waals surface area (Å²) in [6, 6.07) is 21.2. The van der Waals surface area contributed by atoms with Gasteiger partial charge in [-0.15, -0.1) is 0 Å². The Morgan fingerprint density at radius 3 is 1.84 bits per heavy atom. The first-order valence-corrected chi connectivity index (χ1v) is 11.0. The zero-order chi connectivity index (χ0) is 21.8. The number of fused-ring (bicyclic) bond motifs is 9. The maximum absolute atomic E-state index is 12.5. The van der Waals surface area contributed by atoms with Crippen LogP contribution >= 0.6 is 0 Å². The molecule has 32 heavy (non-hydrogen) atoms. The highest BCUT2D eigenvalue weighted by molar-refractivity contribution is 5.92. The van der Waals surface area contributed by atoms with E-state index in [1.165, 1.54) is 27.8 Å². The Kier molecular flexibility index (Phi) is 3.29. The number of methoxy groups -OCH3 is 2. The Hall–Kier alpha value is -3.53. The van der Waals surface area contributed by atoms with Crippen molar-refractivity contribution in [3.05, 3.63) is 106 Å². The topological polar surface area (TPSA) is 55.8 Å². The number of carboxylic acids is 1. The molecule has 4 heteroatoms. The van der Waals surface area contributed by atoms with Crippen LogP contribution in [0.2, 0.25) is 0 Å². The minimum absolute atomic E-state index is 0.0419. The second-order valence-corrected chi connectivity index (χ2v) is 9.32. The van der Waals surface area contributed by atoms with Gasteiger partial charge in [0.1, 0.15) is 11.5 Å². The van der Waals surface area contributed by atoms with Crippen molar-refractivity contribution in [2.75, 3.05) is 14.2 Å². The lowest BCUT2D eigenvalue weighted by Gasteiger charge is -2.37. The molecule has 0 bridgehead atoms. The average molecular weight is 422 g/mol.